The summed E-state index contributed by atoms with van der Waals surface area (Å²) in [5.74, 6) is 1.42. The number of carbonyl (C=O) groups excluding carboxylic acids is 1. The first-order valence-corrected chi connectivity index (χ1v) is 9.36. The minimum atomic E-state index is 0.0770. The van der Waals surface area contributed by atoms with E-state index in [-0.39, 0.29) is 5.91 Å². The van der Waals surface area contributed by atoms with Crippen molar-refractivity contribution in [1.82, 2.24) is 15.1 Å². The highest BCUT2D eigenvalue weighted by Gasteiger charge is 2.28. The maximum Gasteiger partial charge on any atom is 0.254 e. The molecule has 0 radical (unpaired) electrons. The van der Waals surface area contributed by atoms with Crippen molar-refractivity contribution in [2.45, 2.75) is 26.3 Å². The number of piperazine rings is 1. The molecule has 3 rings (SSSR count). The van der Waals surface area contributed by atoms with Crippen molar-refractivity contribution in [1.29, 1.82) is 0 Å². The van der Waals surface area contributed by atoms with Gasteiger partial charge in [0.1, 0.15) is 0 Å². The van der Waals surface area contributed by atoms with Crippen LogP contribution in [-0.2, 0) is 0 Å². The third kappa shape index (κ3) is 4.25. The van der Waals surface area contributed by atoms with E-state index in [4.69, 9.17) is 9.47 Å². The van der Waals surface area contributed by atoms with Crippen LogP contribution in [0.15, 0.2) is 18.2 Å². The normalized spacial score (nSPS) is 21.4. The lowest BCUT2D eigenvalue weighted by molar-refractivity contribution is 0.0583. The Bertz CT molecular complexity index is 579. The second kappa shape index (κ2) is 8.54. The second-order valence-electron chi connectivity index (χ2n) is 6.50. The molecule has 2 aliphatic heterocycles. The minimum Gasteiger partial charge on any atom is -0.490 e. The van der Waals surface area contributed by atoms with E-state index in [1.54, 1.807) is 0 Å². The standard InChI is InChI=1S/C19H29N3O3/c1-3-24-17-6-5-15(13-18(17)25-4-2)19(23)22-11-9-21(10-12-22)16-7-8-20-14-16/h5-6,13,16,20H,3-4,7-12,14H2,1-2H3. The van der Waals surface area contributed by atoms with E-state index in [2.05, 4.69) is 10.2 Å². The maximum atomic E-state index is 12.9. The second-order valence-corrected chi connectivity index (χ2v) is 6.50. The number of hydrogen-bond donors (Lipinski definition) is 1. The molecule has 0 aliphatic carbocycles. The van der Waals surface area contributed by atoms with Gasteiger partial charge in [0.15, 0.2) is 11.5 Å². The van der Waals surface area contributed by atoms with Crippen molar-refractivity contribution >= 4 is 5.91 Å². The topological polar surface area (TPSA) is 54.0 Å². The van der Waals surface area contributed by atoms with E-state index in [9.17, 15) is 4.79 Å². The van der Waals surface area contributed by atoms with Crippen LogP contribution in [0.2, 0.25) is 0 Å². The molecule has 25 heavy (non-hydrogen) atoms. The number of nitrogens with one attached hydrogen (secondary N) is 1. The van der Waals surface area contributed by atoms with Crippen LogP contribution in [0.25, 0.3) is 0 Å². The fourth-order valence-electron chi connectivity index (χ4n) is 3.61. The Morgan fingerprint density at radius 1 is 1.12 bits per heavy atom. The Morgan fingerprint density at radius 2 is 1.84 bits per heavy atom. The first-order valence-electron chi connectivity index (χ1n) is 9.36. The molecule has 2 saturated heterocycles. The largest absolute Gasteiger partial charge is 0.490 e. The molecular formula is C19H29N3O3. The predicted molar refractivity (Wildman–Crippen MR) is 97.5 cm³/mol. The van der Waals surface area contributed by atoms with Crippen molar-refractivity contribution in [2.75, 3.05) is 52.5 Å². The van der Waals surface area contributed by atoms with Gasteiger partial charge in [0.05, 0.1) is 13.2 Å². The van der Waals surface area contributed by atoms with E-state index >= 15 is 0 Å². The molecule has 1 amide bonds. The maximum absolute atomic E-state index is 12.9. The first-order chi connectivity index (χ1) is 12.2. The molecule has 6 heteroatoms. The Kier molecular flexibility index (Phi) is 6.15. The molecule has 1 unspecified atom stereocenters. The average Bonchev–Trinajstić information content (AvgIpc) is 3.18. The lowest BCUT2D eigenvalue weighted by Crippen LogP contribution is -2.52. The Balaban J connectivity index is 1.63. The third-order valence-corrected chi connectivity index (χ3v) is 4.94. The molecule has 6 nitrogen and oxygen atoms in total. The SMILES string of the molecule is CCOc1ccc(C(=O)N2CCN(C3CCNC3)CC2)cc1OCC. The van der Waals surface area contributed by atoms with Crippen LogP contribution in [0, 0.1) is 0 Å². The van der Waals surface area contributed by atoms with Gasteiger partial charge < -0.3 is 19.7 Å². The van der Waals surface area contributed by atoms with Gasteiger partial charge in [0, 0.05) is 44.3 Å². The summed E-state index contributed by atoms with van der Waals surface area (Å²) in [6, 6.07) is 6.11. The molecule has 0 aromatic heterocycles. The zero-order chi connectivity index (χ0) is 17.6. The van der Waals surface area contributed by atoms with Crippen molar-refractivity contribution in [3.05, 3.63) is 23.8 Å². The van der Waals surface area contributed by atoms with Crippen LogP contribution in [-0.4, -0.2) is 74.2 Å². The molecule has 0 bridgehead atoms. The van der Waals surface area contributed by atoms with Crippen LogP contribution in [0.4, 0.5) is 0 Å². The Labute approximate surface area is 150 Å². The summed E-state index contributed by atoms with van der Waals surface area (Å²) < 4.78 is 11.2. The van der Waals surface area contributed by atoms with Crippen LogP contribution in [0.3, 0.4) is 0 Å². The molecule has 0 saturated carbocycles. The number of nitrogens with zero attached hydrogens (tertiary/aromatic N) is 2. The van der Waals surface area contributed by atoms with Gasteiger partial charge in [-0.15, -0.1) is 0 Å². The Morgan fingerprint density at radius 3 is 2.48 bits per heavy atom. The van der Waals surface area contributed by atoms with Crippen LogP contribution >= 0.6 is 0 Å². The van der Waals surface area contributed by atoms with E-state index < -0.39 is 0 Å². The van der Waals surface area contributed by atoms with Gasteiger partial charge in [0.2, 0.25) is 0 Å². The van der Waals surface area contributed by atoms with E-state index in [0.717, 1.165) is 39.3 Å². The fourth-order valence-corrected chi connectivity index (χ4v) is 3.61. The van der Waals surface area contributed by atoms with Crippen LogP contribution in [0.1, 0.15) is 30.6 Å². The number of amides is 1. The lowest BCUT2D eigenvalue weighted by Gasteiger charge is -2.37. The molecule has 2 heterocycles. The predicted octanol–water partition coefficient (Wildman–Crippen LogP) is 1.60. The third-order valence-electron chi connectivity index (χ3n) is 4.94. The quantitative estimate of drug-likeness (QED) is 0.847. The molecule has 138 valence electrons. The van der Waals surface area contributed by atoms with Crippen molar-refractivity contribution in [2.24, 2.45) is 0 Å². The Hall–Kier alpha value is -1.79. The van der Waals surface area contributed by atoms with E-state index in [1.165, 1.54) is 6.42 Å². The summed E-state index contributed by atoms with van der Waals surface area (Å²) in [7, 11) is 0. The molecule has 2 fully saturated rings. The van der Waals surface area contributed by atoms with Crippen molar-refractivity contribution < 1.29 is 14.3 Å². The van der Waals surface area contributed by atoms with Gasteiger partial charge in [-0.25, -0.2) is 0 Å². The summed E-state index contributed by atoms with van der Waals surface area (Å²) >= 11 is 0. The van der Waals surface area contributed by atoms with Gasteiger partial charge in [-0.3, -0.25) is 9.69 Å². The van der Waals surface area contributed by atoms with Crippen LogP contribution < -0.4 is 14.8 Å². The monoisotopic (exact) mass is 347 g/mol. The van der Waals surface area contributed by atoms with Gasteiger partial charge in [0.25, 0.3) is 5.91 Å². The number of ether oxygens (including phenoxy) is 2. The summed E-state index contributed by atoms with van der Waals surface area (Å²) in [5.41, 5.74) is 0.669. The highest BCUT2D eigenvalue weighted by atomic mass is 16.5. The highest BCUT2D eigenvalue weighted by Crippen LogP contribution is 2.29. The molecule has 1 N–H and O–H groups in total. The van der Waals surface area contributed by atoms with Gasteiger partial charge in [-0.2, -0.15) is 0 Å². The highest BCUT2D eigenvalue weighted by molar-refractivity contribution is 5.95. The van der Waals surface area contributed by atoms with Gasteiger partial charge in [-0.05, 0) is 45.0 Å². The molecule has 1 aromatic rings. The van der Waals surface area contributed by atoms with Crippen molar-refractivity contribution in [3.63, 3.8) is 0 Å². The number of benzene rings is 1. The molecule has 2 aliphatic rings. The fraction of sp³-hybridized carbons (Fsp3) is 0.632. The summed E-state index contributed by atoms with van der Waals surface area (Å²) in [4.78, 5) is 17.3. The minimum absolute atomic E-state index is 0.0770. The van der Waals surface area contributed by atoms with Crippen molar-refractivity contribution in [3.8, 4) is 11.5 Å². The number of carbonyl (C=O) groups is 1. The van der Waals surface area contributed by atoms with Gasteiger partial charge in [-0.1, -0.05) is 0 Å². The number of hydrogen-bond acceptors (Lipinski definition) is 5. The zero-order valence-corrected chi connectivity index (χ0v) is 15.3. The molecule has 1 atom stereocenters. The first kappa shape index (κ1) is 18.0. The van der Waals surface area contributed by atoms with Crippen LogP contribution in [0.5, 0.6) is 11.5 Å². The lowest BCUT2D eigenvalue weighted by atomic mass is 10.1. The smallest absolute Gasteiger partial charge is 0.254 e. The molecular weight excluding hydrogens is 318 g/mol. The molecule has 0 spiro atoms. The average molecular weight is 347 g/mol. The summed E-state index contributed by atoms with van der Waals surface area (Å²) in [6.45, 7) is 10.6. The zero-order valence-electron chi connectivity index (χ0n) is 15.3. The molecule has 1 aromatic carbocycles. The van der Waals surface area contributed by atoms with E-state index in [0.29, 0.717) is 36.3 Å². The summed E-state index contributed by atoms with van der Waals surface area (Å²) in [6.07, 6.45) is 1.21. The van der Waals surface area contributed by atoms with E-state index in [1.807, 2.05) is 36.9 Å². The number of rotatable bonds is 6. The summed E-state index contributed by atoms with van der Waals surface area (Å²) in [5, 5.41) is 3.42. The van der Waals surface area contributed by atoms with Gasteiger partial charge >= 0.3 is 0 Å².